The third-order valence-electron chi connectivity index (χ3n) is 3.46. The minimum atomic E-state index is 0.820. The number of aromatic nitrogens is 3. The van der Waals surface area contributed by atoms with Gasteiger partial charge in [0.25, 0.3) is 0 Å². The van der Waals surface area contributed by atoms with Crippen LogP contribution in [0, 0.1) is 5.92 Å². The Bertz CT molecular complexity index is 347. The molecule has 5 nitrogen and oxygen atoms in total. The van der Waals surface area contributed by atoms with Gasteiger partial charge in [-0.1, -0.05) is 13.8 Å². The molecule has 1 aliphatic rings. The summed E-state index contributed by atoms with van der Waals surface area (Å²) < 4.78 is 2.15. The lowest BCUT2D eigenvalue weighted by Gasteiger charge is -2.26. The molecule has 2 heterocycles. The van der Waals surface area contributed by atoms with Gasteiger partial charge in [-0.15, -0.1) is 10.2 Å². The molecule has 0 amide bonds. The van der Waals surface area contributed by atoms with Crippen molar-refractivity contribution in [2.24, 2.45) is 5.92 Å². The average molecular weight is 251 g/mol. The van der Waals surface area contributed by atoms with Crippen LogP contribution in [0.3, 0.4) is 0 Å². The number of nitrogens with zero attached hydrogens (tertiary/aromatic N) is 4. The topological polar surface area (TPSA) is 46.0 Å². The van der Waals surface area contributed by atoms with Gasteiger partial charge in [0.05, 0.1) is 6.54 Å². The maximum atomic E-state index is 4.13. The van der Waals surface area contributed by atoms with Crippen LogP contribution in [0.2, 0.25) is 0 Å². The summed E-state index contributed by atoms with van der Waals surface area (Å²) in [6, 6.07) is 0. The van der Waals surface area contributed by atoms with Crippen LogP contribution in [0.15, 0.2) is 6.33 Å². The number of rotatable bonds is 7. The van der Waals surface area contributed by atoms with Crippen LogP contribution < -0.4 is 5.32 Å². The van der Waals surface area contributed by atoms with Crippen molar-refractivity contribution in [3.8, 4) is 0 Å². The first kappa shape index (κ1) is 13.5. The van der Waals surface area contributed by atoms with E-state index in [-0.39, 0.29) is 0 Å². The van der Waals surface area contributed by atoms with Crippen LogP contribution in [0.4, 0.5) is 0 Å². The maximum absolute atomic E-state index is 4.13. The SMILES string of the molecule is CC(C)CCCNCCN1CCn2cnnc2C1. The molecule has 0 saturated heterocycles. The van der Waals surface area contributed by atoms with E-state index in [1.807, 2.05) is 6.33 Å². The Morgan fingerprint density at radius 3 is 3.06 bits per heavy atom. The van der Waals surface area contributed by atoms with Crippen molar-refractivity contribution >= 4 is 0 Å². The zero-order chi connectivity index (χ0) is 12.8. The van der Waals surface area contributed by atoms with Gasteiger partial charge < -0.3 is 9.88 Å². The fourth-order valence-electron chi connectivity index (χ4n) is 2.30. The minimum absolute atomic E-state index is 0.820. The van der Waals surface area contributed by atoms with Crippen LogP contribution in [0.25, 0.3) is 0 Å². The van der Waals surface area contributed by atoms with Crippen molar-refractivity contribution in [2.45, 2.75) is 39.8 Å². The normalized spacial score (nSPS) is 16.2. The predicted octanol–water partition coefficient (Wildman–Crippen LogP) is 1.12. The van der Waals surface area contributed by atoms with Crippen molar-refractivity contribution in [3.05, 3.63) is 12.2 Å². The molecular weight excluding hydrogens is 226 g/mol. The Labute approximate surface area is 110 Å². The van der Waals surface area contributed by atoms with E-state index < -0.39 is 0 Å². The quantitative estimate of drug-likeness (QED) is 0.738. The number of nitrogens with one attached hydrogen (secondary N) is 1. The fraction of sp³-hybridized carbons (Fsp3) is 0.846. The second-order valence-corrected chi connectivity index (χ2v) is 5.50. The summed E-state index contributed by atoms with van der Waals surface area (Å²) in [5.74, 6) is 1.92. The summed E-state index contributed by atoms with van der Waals surface area (Å²) in [6.45, 7) is 11.0. The molecule has 5 heteroatoms. The highest BCUT2D eigenvalue weighted by Gasteiger charge is 2.16. The third-order valence-corrected chi connectivity index (χ3v) is 3.46. The Morgan fingerprint density at radius 1 is 1.33 bits per heavy atom. The van der Waals surface area contributed by atoms with E-state index in [4.69, 9.17) is 0 Å². The summed E-state index contributed by atoms with van der Waals surface area (Å²) in [4.78, 5) is 2.44. The molecule has 1 aliphatic heterocycles. The van der Waals surface area contributed by atoms with Crippen LogP contribution in [0.1, 0.15) is 32.5 Å². The molecule has 102 valence electrons. The lowest BCUT2D eigenvalue weighted by atomic mass is 10.1. The number of fused-ring (bicyclic) bond motifs is 1. The Morgan fingerprint density at radius 2 is 2.22 bits per heavy atom. The lowest BCUT2D eigenvalue weighted by molar-refractivity contribution is 0.217. The molecule has 0 fully saturated rings. The first-order valence-electron chi connectivity index (χ1n) is 7.05. The summed E-state index contributed by atoms with van der Waals surface area (Å²) >= 11 is 0. The highest BCUT2D eigenvalue weighted by atomic mass is 15.3. The van der Waals surface area contributed by atoms with E-state index in [1.54, 1.807) is 0 Å². The first-order chi connectivity index (χ1) is 8.75. The van der Waals surface area contributed by atoms with Gasteiger partial charge in [-0.2, -0.15) is 0 Å². The van der Waals surface area contributed by atoms with Gasteiger partial charge in [0, 0.05) is 26.2 Å². The molecule has 1 aromatic heterocycles. The highest BCUT2D eigenvalue weighted by molar-refractivity contribution is 4.89. The van der Waals surface area contributed by atoms with E-state index >= 15 is 0 Å². The number of hydrogen-bond acceptors (Lipinski definition) is 4. The van der Waals surface area contributed by atoms with E-state index in [1.165, 1.54) is 12.8 Å². The van der Waals surface area contributed by atoms with Gasteiger partial charge >= 0.3 is 0 Å². The maximum Gasteiger partial charge on any atom is 0.147 e. The van der Waals surface area contributed by atoms with E-state index in [0.717, 1.165) is 51.0 Å². The summed E-state index contributed by atoms with van der Waals surface area (Å²) in [5, 5.41) is 11.6. The molecule has 0 saturated carbocycles. The smallest absolute Gasteiger partial charge is 0.147 e. The van der Waals surface area contributed by atoms with Gasteiger partial charge in [-0.3, -0.25) is 4.90 Å². The zero-order valence-corrected chi connectivity index (χ0v) is 11.6. The van der Waals surface area contributed by atoms with Crippen LogP contribution in [0.5, 0.6) is 0 Å². The van der Waals surface area contributed by atoms with Gasteiger partial charge in [0.15, 0.2) is 0 Å². The second-order valence-electron chi connectivity index (χ2n) is 5.50. The molecule has 0 bridgehead atoms. The van der Waals surface area contributed by atoms with Crippen molar-refractivity contribution < 1.29 is 0 Å². The van der Waals surface area contributed by atoms with E-state index in [0.29, 0.717) is 0 Å². The molecule has 0 aromatic carbocycles. The molecule has 0 atom stereocenters. The molecular formula is C13H25N5. The minimum Gasteiger partial charge on any atom is -0.315 e. The van der Waals surface area contributed by atoms with Crippen LogP contribution >= 0.6 is 0 Å². The van der Waals surface area contributed by atoms with E-state index in [2.05, 4.69) is 38.8 Å². The monoisotopic (exact) mass is 251 g/mol. The highest BCUT2D eigenvalue weighted by Crippen LogP contribution is 2.07. The standard InChI is InChI=1S/C13H25N5/c1-12(2)4-3-5-14-6-7-17-8-9-18-11-15-16-13(18)10-17/h11-12,14H,3-10H2,1-2H3. The zero-order valence-electron chi connectivity index (χ0n) is 11.6. The molecule has 0 spiro atoms. The third kappa shape index (κ3) is 4.07. The van der Waals surface area contributed by atoms with Crippen LogP contribution in [-0.4, -0.2) is 45.8 Å². The Balaban J connectivity index is 1.56. The molecule has 1 aromatic rings. The van der Waals surface area contributed by atoms with Crippen molar-refractivity contribution in [1.82, 2.24) is 25.0 Å². The predicted molar refractivity (Wildman–Crippen MR) is 72.2 cm³/mol. The summed E-state index contributed by atoms with van der Waals surface area (Å²) in [6.07, 6.45) is 4.43. The molecule has 1 N–H and O–H groups in total. The van der Waals surface area contributed by atoms with Gasteiger partial charge in [0.1, 0.15) is 12.2 Å². The largest absolute Gasteiger partial charge is 0.315 e. The van der Waals surface area contributed by atoms with Crippen molar-refractivity contribution in [1.29, 1.82) is 0 Å². The summed E-state index contributed by atoms with van der Waals surface area (Å²) in [5.41, 5.74) is 0. The molecule has 2 rings (SSSR count). The Kier molecular flexibility index (Phi) is 5.13. The average Bonchev–Trinajstić information content (AvgIpc) is 2.80. The molecule has 0 unspecified atom stereocenters. The first-order valence-corrected chi connectivity index (χ1v) is 7.05. The van der Waals surface area contributed by atoms with Crippen LogP contribution in [-0.2, 0) is 13.1 Å². The van der Waals surface area contributed by atoms with Gasteiger partial charge in [-0.05, 0) is 25.3 Å². The fourth-order valence-corrected chi connectivity index (χ4v) is 2.30. The summed E-state index contributed by atoms with van der Waals surface area (Å²) in [7, 11) is 0. The Hall–Kier alpha value is -0.940. The molecule has 0 aliphatic carbocycles. The van der Waals surface area contributed by atoms with Gasteiger partial charge in [-0.25, -0.2) is 0 Å². The molecule has 18 heavy (non-hydrogen) atoms. The molecule has 0 radical (unpaired) electrons. The van der Waals surface area contributed by atoms with Crippen molar-refractivity contribution in [2.75, 3.05) is 26.2 Å². The second kappa shape index (κ2) is 6.85. The van der Waals surface area contributed by atoms with Crippen molar-refractivity contribution in [3.63, 3.8) is 0 Å². The lowest BCUT2D eigenvalue weighted by Crippen LogP contribution is -2.38. The van der Waals surface area contributed by atoms with E-state index in [9.17, 15) is 0 Å². The van der Waals surface area contributed by atoms with Gasteiger partial charge in [0.2, 0.25) is 0 Å². The number of hydrogen-bond donors (Lipinski definition) is 1.